The van der Waals surface area contributed by atoms with Crippen molar-refractivity contribution in [3.05, 3.63) is 22.4 Å². The van der Waals surface area contributed by atoms with Crippen molar-refractivity contribution in [1.29, 1.82) is 0 Å². The van der Waals surface area contributed by atoms with E-state index in [1.165, 1.54) is 18.4 Å². The fourth-order valence-electron chi connectivity index (χ4n) is 2.37. The first-order valence-electron chi connectivity index (χ1n) is 7.80. The Morgan fingerprint density at radius 2 is 2.05 bits per heavy atom. The van der Waals surface area contributed by atoms with Crippen molar-refractivity contribution in [2.24, 2.45) is 4.99 Å². The number of nitrogens with one attached hydrogen (secondary N) is 2. The summed E-state index contributed by atoms with van der Waals surface area (Å²) < 4.78 is 0. The average Bonchev–Trinajstić information content (AvgIpc) is 3.20. The average molecular weight is 436 g/mol. The molecule has 2 rings (SSSR count). The SMILES string of the molecule is CN=C(NCC(C)c1ccsc1)NCC(C)N(C)C1CC1.I. The van der Waals surface area contributed by atoms with E-state index >= 15 is 0 Å². The summed E-state index contributed by atoms with van der Waals surface area (Å²) in [6, 6.07) is 3.53. The van der Waals surface area contributed by atoms with Gasteiger partial charge in [0.05, 0.1) is 0 Å². The van der Waals surface area contributed by atoms with Gasteiger partial charge in [0.15, 0.2) is 5.96 Å². The summed E-state index contributed by atoms with van der Waals surface area (Å²) in [6.07, 6.45) is 2.71. The van der Waals surface area contributed by atoms with E-state index in [-0.39, 0.29) is 24.0 Å². The lowest BCUT2D eigenvalue weighted by atomic mass is 10.1. The largest absolute Gasteiger partial charge is 0.356 e. The van der Waals surface area contributed by atoms with Crippen LogP contribution in [-0.2, 0) is 0 Å². The minimum atomic E-state index is 0. The fourth-order valence-corrected chi connectivity index (χ4v) is 3.16. The van der Waals surface area contributed by atoms with E-state index in [0.29, 0.717) is 12.0 Å². The molecule has 2 N–H and O–H groups in total. The van der Waals surface area contributed by atoms with Gasteiger partial charge in [-0.3, -0.25) is 9.89 Å². The molecule has 0 aliphatic heterocycles. The highest BCUT2D eigenvalue weighted by molar-refractivity contribution is 14.0. The highest BCUT2D eigenvalue weighted by Gasteiger charge is 2.28. The number of guanidine groups is 1. The second kappa shape index (κ2) is 9.72. The number of aliphatic imine (C=N–C) groups is 1. The molecule has 1 saturated carbocycles. The van der Waals surface area contributed by atoms with E-state index in [4.69, 9.17) is 0 Å². The first-order chi connectivity index (χ1) is 10.1. The fraction of sp³-hybridized carbons (Fsp3) is 0.688. The smallest absolute Gasteiger partial charge is 0.191 e. The molecular formula is C16H29IN4S. The van der Waals surface area contributed by atoms with Crippen molar-refractivity contribution in [2.45, 2.75) is 44.7 Å². The van der Waals surface area contributed by atoms with Crippen molar-refractivity contribution >= 4 is 41.3 Å². The Morgan fingerprint density at radius 3 is 2.59 bits per heavy atom. The zero-order valence-corrected chi connectivity index (χ0v) is 17.2. The van der Waals surface area contributed by atoms with Crippen LogP contribution in [0.4, 0.5) is 0 Å². The van der Waals surface area contributed by atoms with Crippen molar-refractivity contribution in [3.8, 4) is 0 Å². The van der Waals surface area contributed by atoms with Gasteiger partial charge in [0.25, 0.3) is 0 Å². The normalized spacial score (nSPS) is 17.8. The molecule has 1 aromatic heterocycles. The molecule has 0 spiro atoms. The summed E-state index contributed by atoms with van der Waals surface area (Å²) in [4.78, 5) is 6.78. The zero-order chi connectivity index (χ0) is 15.2. The Bertz CT molecular complexity index is 445. The van der Waals surface area contributed by atoms with Gasteiger partial charge in [-0.05, 0) is 55.1 Å². The molecule has 1 fully saturated rings. The summed E-state index contributed by atoms with van der Waals surface area (Å²) in [6.45, 7) is 6.35. The highest BCUT2D eigenvalue weighted by atomic mass is 127. The monoisotopic (exact) mass is 436 g/mol. The van der Waals surface area contributed by atoms with Crippen LogP contribution in [0.25, 0.3) is 0 Å². The molecular weight excluding hydrogens is 407 g/mol. The van der Waals surface area contributed by atoms with Crippen LogP contribution in [0.3, 0.4) is 0 Å². The predicted molar refractivity (Wildman–Crippen MR) is 108 cm³/mol. The van der Waals surface area contributed by atoms with Crippen LogP contribution < -0.4 is 10.6 Å². The second-order valence-corrected chi connectivity index (χ2v) is 6.82. The summed E-state index contributed by atoms with van der Waals surface area (Å²) >= 11 is 1.75. The van der Waals surface area contributed by atoms with Crippen molar-refractivity contribution in [3.63, 3.8) is 0 Å². The molecule has 2 unspecified atom stereocenters. The molecule has 1 aliphatic rings. The molecule has 22 heavy (non-hydrogen) atoms. The van der Waals surface area contributed by atoms with E-state index in [2.05, 4.69) is 58.2 Å². The molecule has 0 aromatic carbocycles. The summed E-state index contributed by atoms with van der Waals surface area (Å²) in [7, 11) is 4.05. The Morgan fingerprint density at radius 1 is 1.36 bits per heavy atom. The van der Waals surface area contributed by atoms with Gasteiger partial charge in [-0.1, -0.05) is 6.92 Å². The maximum atomic E-state index is 4.31. The van der Waals surface area contributed by atoms with Crippen LogP contribution in [0.1, 0.15) is 38.2 Å². The Labute approximate surface area is 155 Å². The van der Waals surface area contributed by atoms with E-state index in [1.807, 2.05) is 7.05 Å². The lowest BCUT2D eigenvalue weighted by molar-refractivity contribution is 0.247. The van der Waals surface area contributed by atoms with Gasteiger partial charge in [0.2, 0.25) is 0 Å². The summed E-state index contributed by atoms with van der Waals surface area (Å²) in [5.41, 5.74) is 1.39. The van der Waals surface area contributed by atoms with Crippen molar-refractivity contribution in [1.82, 2.24) is 15.5 Å². The van der Waals surface area contributed by atoms with Gasteiger partial charge < -0.3 is 10.6 Å². The molecule has 2 atom stereocenters. The van der Waals surface area contributed by atoms with Crippen LogP contribution in [0.5, 0.6) is 0 Å². The first-order valence-corrected chi connectivity index (χ1v) is 8.74. The lowest BCUT2D eigenvalue weighted by Gasteiger charge is -2.25. The minimum absolute atomic E-state index is 0. The maximum Gasteiger partial charge on any atom is 0.191 e. The zero-order valence-electron chi connectivity index (χ0n) is 14.0. The van der Waals surface area contributed by atoms with Gasteiger partial charge in [-0.25, -0.2) is 0 Å². The molecule has 4 nitrogen and oxygen atoms in total. The Kier molecular flexibility index (Phi) is 8.71. The molecule has 6 heteroatoms. The maximum absolute atomic E-state index is 4.31. The Hall–Kier alpha value is -0.340. The molecule has 126 valence electrons. The second-order valence-electron chi connectivity index (χ2n) is 6.04. The van der Waals surface area contributed by atoms with E-state index in [1.54, 1.807) is 11.3 Å². The van der Waals surface area contributed by atoms with Gasteiger partial charge >= 0.3 is 0 Å². The molecule has 0 saturated heterocycles. The molecule has 1 heterocycles. The number of nitrogens with zero attached hydrogens (tertiary/aromatic N) is 2. The number of likely N-dealkylation sites (N-methyl/N-ethyl adjacent to an activating group) is 1. The topological polar surface area (TPSA) is 39.7 Å². The van der Waals surface area contributed by atoms with Crippen LogP contribution in [0.2, 0.25) is 0 Å². The van der Waals surface area contributed by atoms with Gasteiger partial charge in [0, 0.05) is 32.2 Å². The van der Waals surface area contributed by atoms with Crippen molar-refractivity contribution in [2.75, 3.05) is 27.2 Å². The number of halogens is 1. The summed E-state index contributed by atoms with van der Waals surface area (Å²) in [5.74, 6) is 1.40. The van der Waals surface area contributed by atoms with E-state index in [0.717, 1.165) is 25.1 Å². The standard InChI is InChI=1S/C16H28N4S.HI/c1-12(14-7-8-21-11-14)9-18-16(17-3)19-10-13(2)20(4)15-5-6-15;/h7-8,11-13,15H,5-6,9-10H2,1-4H3,(H2,17,18,19);1H. The van der Waals surface area contributed by atoms with E-state index < -0.39 is 0 Å². The van der Waals surface area contributed by atoms with Crippen molar-refractivity contribution < 1.29 is 0 Å². The third kappa shape index (κ3) is 6.04. The number of rotatable bonds is 7. The number of hydrogen-bond acceptors (Lipinski definition) is 3. The quantitative estimate of drug-likeness (QED) is 0.392. The van der Waals surface area contributed by atoms with Crippen LogP contribution in [0.15, 0.2) is 21.8 Å². The predicted octanol–water partition coefficient (Wildman–Crippen LogP) is 3.12. The highest BCUT2D eigenvalue weighted by Crippen LogP contribution is 2.26. The van der Waals surface area contributed by atoms with Gasteiger partial charge in [-0.15, -0.1) is 24.0 Å². The molecule has 0 radical (unpaired) electrons. The molecule has 1 aromatic rings. The van der Waals surface area contributed by atoms with Crippen LogP contribution in [-0.4, -0.2) is 50.1 Å². The molecule has 0 bridgehead atoms. The van der Waals surface area contributed by atoms with Crippen LogP contribution in [0, 0.1) is 0 Å². The van der Waals surface area contributed by atoms with Gasteiger partial charge in [0.1, 0.15) is 0 Å². The molecule has 0 amide bonds. The third-order valence-electron chi connectivity index (χ3n) is 4.29. The summed E-state index contributed by atoms with van der Waals surface area (Å²) in [5, 5.41) is 11.2. The van der Waals surface area contributed by atoms with Crippen LogP contribution >= 0.6 is 35.3 Å². The minimum Gasteiger partial charge on any atom is -0.356 e. The molecule has 1 aliphatic carbocycles. The third-order valence-corrected chi connectivity index (χ3v) is 5.00. The van der Waals surface area contributed by atoms with E-state index in [9.17, 15) is 0 Å². The number of hydrogen-bond donors (Lipinski definition) is 2. The first kappa shape index (κ1) is 19.7. The number of thiophene rings is 1. The van der Waals surface area contributed by atoms with Gasteiger partial charge in [-0.2, -0.15) is 11.3 Å². The lowest BCUT2D eigenvalue weighted by Crippen LogP contribution is -2.46. The Balaban J connectivity index is 0.00000242.